The molecule has 2 aliphatic rings. The molecule has 4 nitrogen and oxygen atoms in total. The van der Waals surface area contributed by atoms with E-state index in [-0.39, 0.29) is 18.2 Å². The van der Waals surface area contributed by atoms with E-state index in [1.54, 1.807) is 0 Å². The first-order valence-electron chi connectivity index (χ1n) is 4.51. The predicted molar refractivity (Wildman–Crippen MR) is 41.7 cm³/mol. The highest BCUT2D eigenvalue weighted by atomic mass is 16.3. The number of aliphatic hydroxyl groups excluding tert-OH is 3. The zero-order valence-corrected chi connectivity index (χ0v) is 7.14. The smallest absolute Gasteiger partial charge is 0.137 e. The summed E-state index contributed by atoms with van der Waals surface area (Å²) < 4.78 is 0. The average Bonchev–Trinajstić information content (AvgIpc) is 2.49. The Balaban J connectivity index is 2.15. The molecule has 0 aromatic heterocycles. The van der Waals surface area contributed by atoms with Crippen LogP contribution >= 0.6 is 0 Å². The Morgan fingerprint density at radius 1 is 1.17 bits per heavy atom. The number of quaternary nitrogens is 1. The van der Waals surface area contributed by atoms with E-state index >= 15 is 0 Å². The maximum Gasteiger partial charge on any atom is 0.137 e. The van der Waals surface area contributed by atoms with Gasteiger partial charge in [-0.1, -0.05) is 0 Å². The van der Waals surface area contributed by atoms with Gasteiger partial charge in [-0.2, -0.15) is 0 Å². The molecule has 0 spiro atoms. The van der Waals surface area contributed by atoms with Crippen molar-refractivity contribution in [2.24, 2.45) is 0 Å². The molecular formula is C8H16NO3+. The maximum atomic E-state index is 9.57. The third-order valence-corrected chi connectivity index (χ3v) is 3.33. The number of hydrogen-bond donors (Lipinski definition) is 4. The van der Waals surface area contributed by atoms with Gasteiger partial charge in [0.05, 0.1) is 0 Å². The molecule has 0 aromatic rings. The molecule has 70 valence electrons. The fraction of sp³-hybridized carbons (Fsp3) is 1.00. The molecule has 2 fully saturated rings. The highest BCUT2D eigenvalue weighted by Crippen LogP contribution is 2.17. The van der Waals surface area contributed by atoms with Crippen LogP contribution in [0.4, 0.5) is 0 Å². The summed E-state index contributed by atoms with van der Waals surface area (Å²) in [4.78, 5) is 1.16. The summed E-state index contributed by atoms with van der Waals surface area (Å²) in [6.45, 7) is 2.58. The van der Waals surface area contributed by atoms with Crippen LogP contribution in [0, 0.1) is 0 Å². The number of nitrogens with one attached hydrogen (secondary N) is 1. The molecule has 6 atom stereocenters. The van der Waals surface area contributed by atoms with E-state index in [0.29, 0.717) is 13.0 Å². The van der Waals surface area contributed by atoms with Gasteiger partial charge >= 0.3 is 0 Å². The molecule has 2 heterocycles. The van der Waals surface area contributed by atoms with E-state index in [1.807, 2.05) is 6.92 Å². The molecule has 0 aliphatic carbocycles. The van der Waals surface area contributed by atoms with E-state index in [0.717, 1.165) is 4.90 Å². The van der Waals surface area contributed by atoms with Crippen molar-refractivity contribution in [3.8, 4) is 0 Å². The maximum absolute atomic E-state index is 9.57. The quantitative estimate of drug-likeness (QED) is 0.319. The Morgan fingerprint density at radius 2 is 1.83 bits per heavy atom. The first-order chi connectivity index (χ1) is 5.61. The minimum Gasteiger partial charge on any atom is -0.387 e. The molecule has 2 saturated heterocycles. The molecule has 0 aromatic carbocycles. The van der Waals surface area contributed by atoms with Gasteiger partial charge < -0.3 is 20.2 Å². The first-order valence-corrected chi connectivity index (χ1v) is 4.51. The van der Waals surface area contributed by atoms with E-state index in [1.165, 1.54) is 0 Å². The average molecular weight is 174 g/mol. The van der Waals surface area contributed by atoms with Gasteiger partial charge in [0, 0.05) is 6.42 Å². The summed E-state index contributed by atoms with van der Waals surface area (Å²) in [5.74, 6) is 0. The van der Waals surface area contributed by atoms with Gasteiger partial charge in [-0.15, -0.1) is 0 Å². The monoisotopic (exact) mass is 174 g/mol. The van der Waals surface area contributed by atoms with Crippen molar-refractivity contribution in [1.29, 1.82) is 0 Å². The largest absolute Gasteiger partial charge is 0.387 e. The Kier molecular flexibility index (Phi) is 1.88. The van der Waals surface area contributed by atoms with E-state index in [2.05, 4.69) is 0 Å². The van der Waals surface area contributed by atoms with Gasteiger partial charge in [-0.05, 0) is 6.92 Å². The second kappa shape index (κ2) is 2.67. The summed E-state index contributed by atoms with van der Waals surface area (Å²) in [6, 6.07) is 0.104. The molecule has 4 N–H and O–H groups in total. The second-order valence-electron chi connectivity index (χ2n) is 4.04. The molecule has 0 amide bonds. The third-order valence-electron chi connectivity index (χ3n) is 3.33. The highest BCUT2D eigenvalue weighted by Gasteiger charge is 2.53. The lowest BCUT2D eigenvalue weighted by Crippen LogP contribution is -3.15. The number of hydrogen-bond acceptors (Lipinski definition) is 3. The minimum atomic E-state index is -0.646. The molecule has 4 heteroatoms. The molecular weight excluding hydrogens is 158 g/mol. The fourth-order valence-corrected chi connectivity index (χ4v) is 2.59. The van der Waals surface area contributed by atoms with Crippen LogP contribution in [0.1, 0.15) is 13.3 Å². The van der Waals surface area contributed by atoms with Crippen molar-refractivity contribution in [3.63, 3.8) is 0 Å². The molecule has 0 saturated carbocycles. The highest BCUT2D eigenvalue weighted by molar-refractivity contribution is 4.90. The molecule has 2 rings (SSSR count). The third kappa shape index (κ3) is 0.992. The zero-order valence-electron chi connectivity index (χ0n) is 7.14. The predicted octanol–water partition coefficient (Wildman–Crippen LogP) is -2.87. The van der Waals surface area contributed by atoms with Crippen molar-refractivity contribution < 1.29 is 20.2 Å². The van der Waals surface area contributed by atoms with Gasteiger partial charge in [-0.3, -0.25) is 0 Å². The number of rotatable bonds is 0. The minimum absolute atomic E-state index is 0.0463. The topological polar surface area (TPSA) is 65.1 Å². The fourth-order valence-electron chi connectivity index (χ4n) is 2.59. The Labute approximate surface area is 71.4 Å². The lowest BCUT2D eigenvalue weighted by atomic mass is 10.0. The van der Waals surface area contributed by atoms with Crippen LogP contribution in [-0.2, 0) is 0 Å². The van der Waals surface area contributed by atoms with Gasteiger partial charge in [0.2, 0.25) is 0 Å². The Morgan fingerprint density at radius 3 is 2.42 bits per heavy atom. The lowest BCUT2D eigenvalue weighted by Gasteiger charge is -2.17. The molecule has 0 radical (unpaired) electrons. The van der Waals surface area contributed by atoms with Crippen molar-refractivity contribution in [2.45, 2.75) is 43.7 Å². The van der Waals surface area contributed by atoms with Gasteiger partial charge in [0.15, 0.2) is 0 Å². The van der Waals surface area contributed by atoms with Gasteiger partial charge in [-0.25, -0.2) is 0 Å². The van der Waals surface area contributed by atoms with Crippen LogP contribution in [0.3, 0.4) is 0 Å². The van der Waals surface area contributed by atoms with Crippen molar-refractivity contribution in [2.75, 3.05) is 6.54 Å². The molecule has 2 aliphatic heterocycles. The standard InChI is InChI=1S/C8H15NO3/c1-4-7(11)8(12)6-2-5(10)3-9(4)6/h4-8,10-12H,2-3H2,1H3/p+1/t4-,5-,6-,7+,8-/m0/s1. The number of aliphatic hydroxyl groups is 3. The van der Waals surface area contributed by atoms with Crippen LogP contribution in [0.15, 0.2) is 0 Å². The van der Waals surface area contributed by atoms with E-state index in [4.69, 9.17) is 0 Å². The summed E-state index contributed by atoms with van der Waals surface area (Å²) in [7, 11) is 0. The van der Waals surface area contributed by atoms with Crippen LogP contribution in [0.2, 0.25) is 0 Å². The summed E-state index contributed by atoms with van der Waals surface area (Å²) >= 11 is 0. The SMILES string of the molecule is C[C@H]1[C@@H](O)[C@@H](O)[C@@H]2C[C@H](O)C[NH+]12. The van der Waals surface area contributed by atoms with Crippen molar-refractivity contribution in [1.82, 2.24) is 0 Å². The van der Waals surface area contributed by atoms with Gasteiger partial charge in [0.25, 0.3) is 0 Å². The van der Waals surface area contributed by atoms with Crippen LogP contribution in [0.5, 0.6) is 0 Å². The summed E-state index contributed by atoms with van der Waals surface area (Å²) in [5, 5.41) is 28.4. The van der Waals surface area contributed by atoms with Crippen molar-refractivity contribution >= 4 is 0 Å². The number of fused-ring (bicyclic) bond motifs is 1. The summed E-state index contributed by atoms with van der Waals surface area (Å²) in [6.07, 6.45) is -0.933. The zero-order chi connectivity index (χ0) is 8.88. The Bertz CT molecular complexity index is 169. The first kappa shape index (κ1) is 8.44. The van der Waals surface area contributed by atoms with Crippen molar-refractivity contribution in [3.05, 3.63) is 0 Å². The molecule has 12 heavy (non-hydrogen) atoms. The van der Waals surface area contributed by atoms with E-state index in [9.17, 15) is 15.3 Å². The second-order valence-corrected chi connectivity index (χ2v) is 4.04. The molecule has 1 unspecified atom stereocenters. The van der Waals surface area contributed by atoms with Crippen LogP contribution < -0.4 is 4.90 Å². The van der Waals surface area contributed by atoms with E-state index < -0.39 is 12.2 Å². The Hall–Kier alpha value is -0.160. The lowest BCUT2D eigenvalue weighted by molar-refractivity contribution is -0.925. The van der Waals surface area contributed by atoms with Crippen LogP contribution in [-0.4, -0.2) is 52.3 Å². The normalized spacial score (nSPS) is 59.0. The molecule has 0 bridgehead atoms. The van der Waals surface area contributed by atoms with Gasteiger partial charge in [0.1, 0.15) is 36.9 Å². The summed E-state index contributed by atoms with van der Waals surface area (Å²) in [5.41, 5.74) is 0. The van der Waals surface area contributed by atoms with Crippen LogP contribution in [0.25, 0.3) is 0 Å².